The quantitative estimate of drug-likeness (QED) is 0.116. The Morgan fingerprint density at radius 1 is 0.977 bits per heavy atom. The van der Waals surface area contributed by atoms with Crippen molar-refractivity contribution in [2.75, 3.05) is 19.8 Å². The van der Waals surface area contributed by atoms with Crippen molar-refractivity contribution in [1.29, 1.82) is 0 Å². The second kappa shape index (κ2) is 14.5. The summed E-state index contributed by atoms with van der Waals surface area (Å²) in [4.78, 5) is 30.8. The number of carbonyl (C=O) groups is 1. The van der Waals surface area contributed by atoms with Gasteiger partial charge in [0.15, 0.2) is 23.9 Å². The molecule has 0 fully saturated rings. The fourth-order valence-corrected chi connectivity index (χ4v) is 5.09. The molecule has 232 valence electrons. The summed E-state index contributed by atoms with van der Waals surface area (Å²) in [5.41, 5.74) is 3.61. The van der Waals surface area contributed by atoms with E-state index in [0.29, 0.717) is 51.5 Å². The number of esters is 1. The highest BCUT2D eigenvalue weighted by Gasteiger charge is 2.19. The molecule has 0 atom stereocenters. The van der Waals surface area contributed by atoms with E-state index in [9.17, 15) is 9.59 Å². The van der Waals surface area contributed by atoms with Crippen LogP contribution < -0.4 is 19.8 Å². The van der Waals surface area contributed by atoms with Gasteiger partial charge in [-0.15, -0.1) is 0 Å². The van der Waals surface area contributed by atoms with E-state index in [1.165, 1.54) is 4.68 Å². The molecule has 4 aromatic rings. The Hall–Kier alpha value is -4.18. The van der Waals surface area contributed by atoms with Crippen LogP contribution in [-0.2, 0) is 9.53 Å². The molecule has 0 aliphatic carbocycles. The molecule has 0 spiro atoms. The van der Waals surface area contributed by atoms with Gasteiger partial charge >= 0.3 is 5.97 Å². The molecule has 0 saturated heterocycles. The van der Waals surface area contributed by atoms with E-state index in [0.717, 1.165) is 22.4 Å². The third kappa shape index (κ3) is 7.48. The standard InChI is InChI=1S/C34H38BrN3O6/c1-8-41-29-14-22(7)26(16-25(29)20(3)4)33-37-28-13-11-10-12-24(28)34(40)38(33)36-18-23-15-30(42-9-2)31(17-27(23)35)43-19-32(39)44-21(5)6/h10-18,20-21H,8-9,19H2,1-7H3. The molecule has 3 aromatic carbocycles. The lowest BCUT2D eigenvalue weighted by molar-refractivity contribution is -0.149. The van der Waals surface area contributed by atoms with Gasteiger partial charge in [-0.05, 0) is 104 Å². The van der Waals surface area contributed by atoms with E-state index in [4.69, 9.17) is 23.9 Å². The first-order valence-corrected chi connectivity index (χ1v) is 15.5. The lowest BCUT2D eigenvalue weighted by atomic mass is 9.96. The van der Waals surface area contributed by atoms with Crippen molar-refractivity contribution in [3.05, 3.63) is 80.0 Å². The fraction of sp³-hybridized carbons (Fsp3) is 0.353. The molecule has 0 aliphatic heterocycles. The molecular weight excluding hydrogens is 626 g/mol. The van der Waals surface area contributed by atoms with Crippen molar-refractivity contribution in [1.82, 2.24) is 9.66 Å². The van der Waals surface area contributed by atoms with Crippen LogP contribution in [0.5, 0.6) is 17.2 Å². The summed E-state index contributed by atoms with van der Waals surface area (Å²) in [6, 6.07) is 14.7. The van der Waals surface area contributed by atoms with Crippen molar-refractivity contribution < 1.29 is 23.7 Å². The van der Waals surface area contributed by atoms with Crippen molar-refractivity contribution in [2.45, 2.75) is 60.5 Å². The molecular formula is C34H38BrN3O6. The predicted molar refractivity (Wildman–Crippen MR) is 176 cm³/mol. The fourth-order valence-electron chi connectivity index (χ4n) is 4.66. The molecule has 1 heterocycles. The molecule has 0 bridgehead atoms. The molecule has 4 rings (SSSR count). The molecule has 0 unspecified atom stereocenters. The average molecular weight is 665 g/mol. The van der Waals surface area contributed by atoms with Gasteiger partial charge < -0.3 is 18.9 Å². The van der Waals surface area contributed by atoms with Crippen LogP contribution in [0.1, 0.15) is 64.2 Å². The minimum atomic E-state index is -0.481. The van der Waals surface area contributed by atoms with Crippen LogP contribution in [-0.4, -0.2) is 47.8 Å². The first-order chi connectivity index (χ1) is 21.0. The highest BCUT2D eigenvalue weighted by molar-refractivity contribution is 9.10. The van der Waals surface area contributed by atoms with Crippen molar-refractivity contribution in [3.8, 4) is 28.6 Å². The van der Waals surface area contributed by atoms with Gasteiger partial charge in [0, 0.05) is 15.6 Å². The number of hydrogen-bond acceptors (Lipinski definition) is 8. The largest absolute Gasteiger partial charge is 0.494 e. The predicted octanol–water partition coefficient (Wildman–Crippen LogP) is 7.27. The van der Waals surface area contributed by atoms with E-state index < -0.39 is 5.97 Å². The summed E-state index contributed by atoms with van der Waals surface area (Å²) in [7, 11) is 0. The van der Waals surface area contributed by atoms with Crippen molar-refractivity contribution >= 4 is 39.0 Å². The van der Waals surface area contributed by atoms with Gasteiger partial charge in [0.1, 0.15) is 5.75 Å². The number of carbonyl (C=O) groups excluding carboxylic acids is 1. The lowest BCUT2D eigenvalue weighted by Crippen LogP contribution is -2.21. The second-order valence-electron chi connectivity index (χ2n) is 10.7. The number of fused-ring (bicyclic) bond motifs is 1. The molecule has 0 radical (unpaired) electrons. The van der Waals surface area contributed by atoms with E-state index >= 15 is 0 Å². The normalized spacial score (nSPS) is 11.5. The van der Waals surface area contributed by atoms with Crippen LogP contribution in [0.3, 0.4) is 0 Å². The summed E-state index contributed by atoms with van der Waals surface area (Å²) in [6.45, 7) is 14.2. The van der Waals surface area contributed by atoms with Crippen LogP contribution in [0, 0.1) is 6.92 Å². The Kier molecular flexibility index (Phi) is 10.8. The molecule has 1 aromatic heterocycles. The van der Waals surface area contributed by atoms with E-state index in [2.05, 4.69) is 34.9 Å². The highest BCUT2D eigenvalue weighted by atomic mass is 79.9. The zero-order valence-electron chi connectivity index (χ0n) is 26.1. The van der Waals surface area contributed by atoms with Gasteiger partial charge in [-0.2, -0.15) is 9.78 Å². The Balaban J connectivity index is 1.83. The van der Waals surface area contributed by atoms with E-state index in [1.807, 2.05) is 45.0 Å². The number of nitrogens with zero attached hydrogens (tertiary/aromatic N) is 3. The van der Waals surface area contributed by atoms with Gasteiger partial charge in [-0.1, -0.05) is 26.0 Å². The minimum Gasteiger partial charge on any atom is -0.494 e. The first kappa shape index (κ1) is 32.7. The van der Waals surface area contributed by atoms with Gasteiger partial charge in [-0.3, -0.25) is 4.79 Å². The monoisotopic (exact) mass is 663 g/mol. The number of aromatic nitrogens is 2. The number of ether oxygens (including phenoxy) is 4. The molecule has 0 aliphatic rings. The molecule has 0 saturated carbocycles. The van der Waals surface area contributed by atoms with Gasteiger partial charge in [0.05, 0.1) is 36.4 Å². The lowest BCUT2D eigenvalue weighted by Gasteiger charge is -2.18. The maximum absolute atomic E-state index is 13.9. The minimum absolute atomic E-state index is 0.181. The van der Waals surface area contributed by atoms with E-state index in [1.54, 1.807) is 44.3 Å². The maximum atomic E-state index is 13.9. The molecule has 9 nitrogen and oxygen atoms in total. The van der Waals surface area contributed by atoms with Crippen LogP contribution in [0.2, 0.25) is 0 Å². The summed E-state index contributed by atoms with van der Waals surface area (Å²) in [6.07, 6.45) is 1.32. The Morgan fingerprint density at radius 2 is 1.66 bits per heavy atom. The van der Waals surface area contributed by atoms with Crippen molar-refractivity contribution in [3.63, 3.8) is 0 Å². The Bertz CT molecular complexity index is 1750. The molecule has 10 heteroatoms. The second-order valence-corrected chi connectivity index (χ2v) is 11.5. The number of benzene rings is 3. The summed E-state index contributed by atoms with van der Waals surface area (Å²) in [5, 5.41) is 5.11. The number of halogens is 1. The Labute approximate surface area is 265 Å². The van der Waals surface area contributed by atoms with Crippen LogP contribution in [0.25, 0.3) is 22.3 Å². The van der Waals surface area contributed by atoms with Crippen LogP contribution in [0.15, 0.2) is 62.9 Å². The van der Waals surface area contributed by atoms with Gasteiger partial charge in [-0.25, -0.2) is 9.78 Å². The number of rotatable bonds is 12. The number of para-hydroxylation sites is 1. The molecule has 44 heavy (non-hydrogen) atoms. The third-order valence-corrected chi connectivity index (χ3v) is 7.35. The summed E-state index contributed by atoms with van der Waals surface area (Å²) in [5.74, 6) is 1.72. The van der Waals surface area contributed by atoms with Crippen LogP contribution >= 0.6 is 15.9 Å². The number of aryl methyl sites for hydroxylation is 1. The van der Waals surface area contributed by atoms with Crippen LogP contribution in [0.4, 0.5) is 0 Å². The first-order valence-electron chi connectivity index (χ1n) is 14.7. The molecule has 0 N–H and O–H groups in total. The maximum Gasteiger partial charge on any atom is 0.344 e. The topological polar surface area (TPSA) is 101 Å². The van der Waals surface area contributed by atoms with Gasteiger partial charge in [0.2, 0.25) is 0 Å². The zero-order valence-corrected chi connectivity index (χ0v) is 27.7. The third-order valence-electron chi connectivity index (χ3n) is 6.66. The van der Waals surface area contributed by atoms with E-state index in [-0.39, 0.29) is 24.2 Å². The average Bonchev–Trinajstić information content (AvgIpc) is 2.97. The SMILES string of the molecule is CCOc1cc(C=Nn2c(-c3cc(C(C)C)c(OCC)cc3C)nc3ccccc3c2=O)c(Br)cc1OCC(=O)OC(C)C. The highest BCUT2D eigenvalue weighted by Crippen LogP contribution is 2.35. The smallest absolute Gasteiger partial charge is 0.344 e. The molecule has 0 amide bonds. The van der Waals surface area contributed by atoms with Gasteiger partial charge in [0.25, 0.3) is 5.56 Å². The Morgan fingerprint density at radius 3 is 2.34 bits per heavy atom. The number of hydrogen-bond donors (Lipinski definition) is 0. The van der Waals surface area contributed by atoms with Crippen molar-refractivity contribution in [2.24, 2.45) is 5.10 Å². The summed E-state index contributed by atoms with van der Waals surface area (Å²) >= 11 is 3.57. The summed E-state index contributed by atoms with van der Waals surface area (Å²) < 4.78 is 24.6. The zero-order chi connectivity index (χ0) is 32.0.